The van der Waals surface area contributed by atoms with E-state index in [0.29, 0.717) is 45.2 Å². The second-order valence-corrected chi connectivity index (χ2v) is 8.15. The molecule has 0 spiro atoms. The first-order chi connectivity index (χ1) is 12.6. The topological polar surface area (TPSA) is 78.5 Å². The quantitative estimate of drug-likeness (QED) is 0.866. The van der Waals surface area contributed by atoms with Crippen LogP contribution in [-0.2, 0) is 28.9 Å². The first-order valence-electron chi connectivity index (χ1n) is 9.19. The Labute approximate surface area is 156 Å². The van der Waals surface area contributed by atoms with Crippen molar-refractivity contribution in [3.8, 4) is 0 Å². The number of nitrogens with one attached hydrogen (secondary N) is 1. The van der Waals surface area contributed by atoms with Gasteiger partial charge in [0.05, 0.1) is 31.7 Å². The van der Waals surface area contributed by atoms with Crippen molar-refractivity contribution < 1.29 is 9.53 Å². The number of H-pyrrole nitrogens is 1. The monoisotopic (exact) mass is 376 g/mol. The maximum atomic E-state index is 12.6. The average Bonchev–Trinajstić information content (AvgIpc) is 3.01. The number of aromatic amines is 1. The highest BCUT2D eigenvalue weighted by atomic mass is 32.1. The third-order valence-electron chi connectivity index (χ3n) is 5.06. The molecular formula is C18H24N4O3S. The second kappa shape index (κ2) is 7.46. The van der Waals surface area contributed by atoms with Gasteiger partial charge in [0.25, 0.3) is 5.56 Å². The predicted octanol–water partition coefficient (Wildman–Crippen LogP) is 1.15. The Morgan fingerprint density at radius 2 is 2.08 bits per heavy atom. The summed E-state index contributed by atoms with van der Waals surface area (Å²) in [5.74, 6) is 0.712. The van der Waals surface area contributed by atoms with Crippen LogP contribution in [0.2, 0.25) is 0 Å². The highest BCUT2D eigenvalue weighted by molar-refractivity contribution is 7.18. The summed E-state index contributed by atoms with van der Waals surface area (Å²) in [7, 11) is 1.88. The molecule has 2 aromatic heterocycles. The smallest absolute Gasteiger partial charge is 0.259 e. The van der Waals surface area contributed by atoms with Gasteiger partial charge >= 0.3 is 0 Å². The number of rotatable bonds is 4. The number of morpholine rings is 1. The number of hydrogen-bond acceptors (Lipinski definition) is 6. The van der Waals surface area contributed by atoms with Gasteiger partial charge in [0.2, 0.25) is 5.91 Å². The van der Waals surface area contributed by atoms with Crippen LogP contribution < -0.4 is 5.56 Å². The number of likely N-dealkylation sites (N-methyl/N-ethyl adjacent to an activating group) is 1. The van der Waals surface area contributed by atoms with Gasteiger partial charge in [0.1, 0.15) is 10.7 Å². The van der Waals surface area contributed by atoms with Crippen LogP contribution in [-0.4, -0.2) is 65.6 Å². The highest BCUT2D eigenvalue weighted by Crippen LogP contribution is 2.33. The molecule has 0 bridgehead atoms. The van der Waals surface area contributed by atoms with Gasteiger partial charge in [0.15, 0.2) is 0 Å². The summed E-state index contributed by atoms with van der Waals surface area (Å²) >= 11 is 1.65. The molecule has 1 aliphatic heterocycles. The van der Waals surface area contributed by atoms with E-state index in [-0.39, 0.29) is 11.5 Å². The van der Waals surface area contributed by atoms with Crippen molar-refractivity contribution in [2.75, 3.05) is 39.9 Å². The van der Waals surface area contributed by atoms with Gasteiger partial charge in [-0.05, 0) is 38.3 Å². The number of aryl methyl sites for hydroxylation is 2. The van der Waals surface area contributed by atoms with Gasteiger partial charge in [-0.15, -0.1) is 11.3 Å². The molecule has 2 aromatic rings. The number of fused-ring (bicyclic) bond motifs is 3. The van der Waals surface area contributed by atoms with E-state index in [1.54, 1.807) is 11.3 Å². The minimum atomic E-state index is -0.0442. The minimum Gasteiger partial charge on any atom is -0.378 e. The minimum absolute atomic E-state index is 0.0442. The summed E-state index contributed by atoms with van der Waals surface area (Å²) < 4.78 is 5.28. The van der Waals surface area contributed by atoms with Gasteiger partial charge in [-0.2, -0.15) is 0 Å². The Morgan fingerprint density at radius 3 is 2.88 bits per heavy atom. The van der Waals surface area contributed by atoms with E-state index in [1.807, 2.05) is 16.8 Å². The lowest BCUT2D eigenvalue weighted by molar-refractivity contribution is -0.136. The molecule has 1 amide bonds. The molecule has 4 rings (SSSR count). The van der Waals surface area contributed by atoms with E-state index in [9.17, 15) is 9.59 Å². The van der Waals surface area contributed by atoms with Crippen molar-refractivity contribution in [2.24, 2.45) is 0 Å². The van der Waals surface area contributed by atoms with Gasteiger partial charge in [0, 0.05) is 18.0 Å². The van der Waals surface area contributed by atoms with Crippen molar-refractivity contribution >= 4 is 27.5 Å². The standard InChI is InChI=1S/C18H24N4O3S/c1-21(11-15(23)22-6-8-25-9-7-22)10-14-19-17(24)16-12-4-2-3-5-13(12)26-18(16)20-14/h2-11H2,1H3,(H,19,20,24). The van der Waals surface area contributed by atoms with Crippen molar-refractivity contribution in [1.29, 1.82) is 0 Å². The maximum Gasteiger partial charge on any atom is 0.259 e. The first kappa shape index (κ1) is 17.6. The van der Waals surface area contributed by atoms with Gasteiger partial charge in [-0.1, -0.05) is 0 Å². The van der Waals surface area contributed by atoms with Crippen LogP contribution in [0.25, 0.3) is 10.2 Å². The molecule has 1 aliphatic carbocycles. The predicted molar refractivity (Wildman–Crippen MR) is 101 cm³/mol. The molecule has 26 heavy (non-hydrogen) atoms. The van der Waals surface area contributed by atoms with Crippen molar-refractivity contribution in [1.82, 2.24) is 19.8 Å². The zero-order chi connectivity index (χ0) is 18.1. The summed E-state index contributed by atoms with van der Waals surface area (Å²) in [5, 5.41) is 0.778. The van der Waals surface area contributed by atoms with Crippen LogP contribution in [0.4, 0.5) is 0 Å². The molecular weight excluding hydrogens is 352 g/mol. The number of nitrogens with zero attached hydrogens (tertiary/aromatic N) is 3. The van der Waals surface area contributed by atoms with Crippen molar-refractivity contribution in [2.45, 2.75) is 32.2 Å². The fourth-order valence-electron chi connectivity index (χ4n) is 3.74. The van der Waals surface area contributed by atoms with Crippen LogP contribution in [0, 0.1) is 0 Å². The summed E-state index contributed by atoms with van der Waals surface area (Å²) in [6.45, 7) is 3.25. The highest BCUT2D eigenvalue weighted by Gasteiger charge is 2.21. The summed E-state index contributed by atoms with van der Waals surface area (Å²) in [6, 6.07) is 0. The first-order valence-corrected chi connectivity index (χ1v) is 10.0. The van der Waals surface area contributed by atoms with Gasteiger partial charge in [-0.25, -0.2) is 4.98 Å². The van der Waals surface area contributed by atoms with Crippen LogP contribution in [0.1, 0.15) is 29.1 Å². The lowest BCUT2D eigenvalue weighted by Crippen LogP contribution is -2.45. The molecule has 0 atom stereocenters. The molecule has 140 valence electrons. The number of thiophene rings is 1. The van der Waals surface area contributed by atoms with Crippen LogP contribution >= 0.6 is 11.3 Å². The third kappa shape index (κ3) is 3.54. The van der Waals surface area contributed by atoms with E-state index in [4.69, 9.17) is 4.74 Å². The normalized spacial score (nSPS) is 17.7. The van der Waals surface area contributed by atoms with Crippen molar-refractivity contribution in [3.05, 3.63) is 26.6 Å². The van der Waals surface area contributed by atoms with Crippen LogP contribution in [0.5, 0.6) is 0 Å². The van der Waals surface area contributed by atoms with Crippen LogP contribution in [0.15, 0.2) is 4.79 Å². The number of aromatic nitrogens is 2. The lowest BCUT2D eigenvalue weighted by Gasteiger charge is -2.28. The Hall–Kier alpha value is -1.77. The second-order valence-electron chi connectivity index (χ2n) is 7.07. The Bertz CT molecular complexity index is 869. The number of hydrogen-bond donors (Lipinski definition) is 1. The molecule has 0 unspecified atom stereocenters. The Balaban J connectivity index is 1.48. The fraction of sp³-hybridized carbons (Fsp3) is 0.611. The number of amides is 1. The summed E-state index contributed by atoms with van der Waals surface area (Å²) in [4.78, 5) is 38.4. The molecule has 8 heteroatoms. The molecule has 1 saturated heterocycles. The van der Waals surface area contributed by atoms with Gasteiger partial charge in [-0.3, -0.25) is 14.5 Å². The molecule has 1 N–H and O–H groups in total. The summed E-state index contributed by atoms with van der Waals surface area (Å²) in [5.41, 5.74) is 1.16. The molecule has 0 saturated carbocycles. The molecule has 7 nitrogen and oxygen atoms in total. The van der Waals surface area contributed by atoms with E-state index >= 15 is 0 Å². The van der Waals surface area contributed by atoms with Gasteiger partial charge < -0.3 is 14.6 Å². The van der Waals surface area contributed by atoms with Crippen molar-refractivity contribution in [3.63, 3.8) is 0 Å². The average molecular weight is 376 g/mol. The summed E-state index contributed by atoms with van der Waals surface area (Å²) in [6.07, 6.45) is 4.37. The maximum absolute atomic E-state index is 12.6. The Kier molecular flexibility index (Phi) is 5.06. The third-order valence-corrected chi connectivity index (χ3v) is 6.25. The molecule has 0 radical (unpaired) electrons. The number of carbonyl (C=O) groups is 1. The zero-order valence-corrected chi connectivity index (χ0v) is 15.9. The molecule has 3 heterocycles. The van der Waals surface area contributed by atoms with E-state index in [2.05, 4.69) is 9.97 Å². The lowest BCUT2D eigenvalue weighted by atomic mass is 9.97. The number of carbonyl (C=O) groups excluding carboxylic acids is 1. The largest absolute Gasteiger partial charge is 0.378 e. The fourth-order valence-corrected chi connectivity index (χ4v) is 5.02. The van der Waals surface area contributed by atoms with E-state index in [0.717, 1.165) is 29.5 Å². The SMILES string of the molecule is CN(CC(=O)N1CCOCC1)Cc1nc2sc3c(c2c(=O)[nH]1)CCCC3. The molecule has 1 fully saturated rings. The van der Waals surface area contributed by atoms with Crippen LogP contribution in [0.3, 0.4) is 0 Å². The zero-order valence-electron chi connectivity index (χ0n) is 15.0. The number of ether oxygens (including phenoxy) is 1. The Morgan fingerprint density at radius 1 is 1.31 bits per heavy atom. The van der Waals surface area contributed by atoms with E-state index < -0.39 is 0 Å². The molecule has 0 aromatic carbocycles. The molecule has 2 aliphatic rings. The van der Waals surface area contributed by atoms with E-state index in [1.165, 1.54) is 16.9 Å².